The molecule has 1 aliphatic heterocycles. The lowest BCUT2D eigenvalue weighted by Crippen LogP contribution is -2.49. The monoisotopic (exact) mass is 663 g/mol. The molecule has 0 spiro atoms. The van der Waals surface area contributed by atoms with Crippen molar-refractivity contribution in [2.24, 2.45) is 5.41 Å². The van der Waals surface area contributed by atoms with E-state index in [0.29, 0.717) is 39.9 Å². The zero-order valence-corrected chi connectivity index (χ0v) is 26.2. The standard InChI is InChI=1S/C33H31F2N5O6S/c1-33(8-9-33)20-45-30-28(18-36-40(32(30)42)25-16-23(34)15-24(35)17-25)38-10-12-39(13-11-38)47(43,44)19-21-2-7-27-29(14-21)46-31(37-27)22-3-5-26(41)6-4-22/h2-7,14-18,41H,8-13,19-20H2,1H3. The summed E-state index contributed by atoms with van der Waals surface area (Å²) >= 11 is 0. The number of benzene rings is 3. The first kappa shape index (κ1) is 30.8. The number of hydrogen-bond donors (Lipinski definition) is 1. The van der Waals surface area contributed by atoms with Gasteiger partial charge in [-0.1, -0.05) is 13.0 Å². The van der Waals surface area contributed by atoms with Gasteiger partial charge in [-0.05, 0) is 66.9 Å². The summed E-state index contributed by atoms with van der Waals surface area (Å²) in [6.07, 6.45) is 3.32. The number of aromatic hydroxyl groups is 1. The highest BCUT2D eigenvalue weighted by Crippen LogP contribution is 2.45. The summed E-state index contributed by atoms with van der Waals surface area (Å²) in [5.74, 6) is -1.45. The number of halogens is 2. The zero-order chi connectivity index (χ0) is 32.9. The molecule has 1 saturated heterocycles. The number of sulfonamides is 1. The fraction of sp³-hybridized carbons (Fsp3) is 0.303. The Hall–Kier alpha value is -4.82. The van der Waals surface area contributed by atoms with Crippen molar-refractivity contribution in [2.45, 2.75) is 25.5 Å². The summed E-state index contributed by atoms with van der Waals surface area (Å²) in [6, 6.07) is 14.2. The van der Waals surface area contributed by atoms with Gasteiger partial charge in [-0.2, -0.15) is 14.1 Å². The van der Waals surface area contributed by atoms with Crippen LogP contribution in [-0.4, -0.2) is 65.4 Å². The Morgan fingerprint density at radius 1 is 0.979 bits per heavy atom. The maximum Gasteiger partial charge on any atom is 0.316 e. The van der Waals surface area contributed by atoms with Gasteiger partial charge in [0.25, 0.3) is 0 Å². The fourth-order valence-electron chi connectivity index (χ4n) is 5.54. The first-order valence-electron chi connectivity index (χ1n) is 15.1. The van der Waals surface area contributed by atoms with Crippen molar-refractivity contribution < 1.29 is 31.5 Å². The lowest BCUT2D eigenvalue weighted by atomic mass is 10.2. The van der Waals surface area contributed by atoms with Gasteiger partial charge in [-0.15, -0.1) is 0 Å². The van der Waals surface area contributed by atoms with Gasteiger partial charge in [-0.3, -0.25) is 4.79 Å². The second-order valence-corrected chi connectivity index (χ2v) is 14.3. The molecule has 2 aromatic heterocycles. The van der Waals surface area contributed by atoms with Crippen LogP contribution >= 0.6 is 0 Å². The minimum Gasteiger partial charge on any atom is -0.508 e. The second kappa shape index (κ2) is 11.8. The average molecular weight is 664 g/mol. The summed E-state index contributed by atoms with van der Waals surface area (Å²) < 4.78 is 69.1. The highest BCUT2D eigenvalue weighted by atomic mass is 32.2. The normalized spacial score (nSPS) is 16.4. The van der Waals surface area contributed by atoms with Crippen molar-refractivity contribution >= 4 is 26.8 Å². The van der Waals surface area contributed by atoms with Crippen LogP contribution in [0.5, 0.6) is 11.5 Å². The highest BCUT2D eigenvalue weighted by molar-refractivity contribution is 7.88. The van der Waals surface area contributed by atoms with Crippen LogP contribution in [0.4, 0.5) is 14.5 Å². The van der Waals surface area contributed by atoms with Crippen LogP contribution in [0.15, 0.2) is 76.1 Å². The topological polar surface area (TPSA) is 131 Å². The van der Waals surface area contributed by atoms with Crippen molar-refractivity contribution in [3.8, 4) is 28.6 Å². The molecule has 244 valence electrons. The van der Waals surface area contributed by atoms with E-state index in [4.69, 9.17) is 9.15 Å². The quantitative estimate of drug-likeness (QED) is 0.235. The highest BCUT2D eigenvalue weighted by Gasteiger charge is 2.39. The molecule has 0 amide bonds. The van der Waals surface area contributed by atoms with E-state index in [2.05, 4.69) is 10.1 Å². The van der Waals surface area contributed by atoms with Crippen LogP contribution in [0.2, 0.25) is 0 Å². The Bertz CT molecular complexity index is 2120. The van der Waals surface area contributed by atoms with Gasteiger partial charge in [0, 0.05) is 43.2 Å². The van der Waals surface area contributed by atoms with Crippen LogP contribution in [0, 0.1) is 17.0 Å². The lowest BCUT2D eigenvalue weighted by molar-refractivity contribution is 0.242. The third kappa shape index (κ3) is 6.43. The number of nitrogens with zero attached hydrogens (tertiary/aromatic N) is 5. The van der Waals surface area contributed by atoms with E-state index < -0.39 is 27.2 Å². The van der Waals surface area contributed by atoms with E-state index in [9.17, 15) is 27.1 Å². The number of rotatable bonds is 9. The van der Waals surface area contributed by atoms with Crippen LogP contribution in [0.1, 0.15) is 25.3 Å². The van der Waals surface area contributed by atoms with E-state index in [1.54, 1.807) is 30.3 Å². The molecule has 0 bridgehead atoms. The number of hydrogen-bond acceptors (Lipinski definition) is 9. The molecule has 7 rings (SSSR count). The number of anilines is 1. The third-order valence-electron chi connectivity index (χ3n) is 8.56. The lowest BCUT2D eigenvalue weighted by Gasteiger charge is -2.35. The van der Waals surface area contributed by atoms with E-state index in [1.165, 1.54) is 22.6 Å². The molecule has 2 aliphatic rings. The Labute approximate surface area is 268 Å². The van der Waals surface area contributed by atoms with Crippen LogP contribution in [-0.2, 0) is 15.8 Å². The van der Waals surface area contributed by atoms with Crippen molar-refractivity contribution in [3.05, 3.63) is 94.4 Å². The fourth-order valence-corrected chi connectivity index (χ4v) is 7.04. The van der Waals surface area contributed by atoms with E-state index in [1.807, 2.05) is 11.8 Å². The van der Waals surface area contributed by atoms with E-state index in [0.717, 1.165) is 29.7 Å². The number of fused-ring (bicyclic) bond motifs is 1. The summed E-state index contributed by atoms with van der Waals surface area (Å²) in [5.41, 5.74) is 1.84. The van der Waals surface area contributed by atoms with Crippen LogP contribution in [0.25, 0.3) is 28.2 Å². The van der Waals surface area contributed by atoms with Gasteiger partial charge < -0.3 is 19.2 Å². The van der Waals surface area contributed by atoms with E-state index in [-0.39, 0.29) is 61.1 Å². The number of phenols is 1. The molecular weight excluding hydrogens is 632 g/mol. The molecule has 0 unspecified atom stereocenters. The maximum absolute atomic E-state index is 14.0. The van der Waals surface area contributed by atoms with Crippen LogP contribution < -0.4 is 15.2 Å². The van der Waals surface area contributed by atoms with Crippen LogP contribution in [0.3, 0.4) is 0 Å². The molecule has 3 aromatic carbocycles. The van der Waals surface area contributed by atoms with Gasteiger partial charge in [0.15, 0.2) is 5.58 Å². The molecule has 14 heteroatoms. The first-order valence-corrected chi connectivity index (χ1v) is 16.7. The molecule has 1 saturated carbocycles. The minimum absolute atomic E-state index is 0.00105. The number of ether oxygens (including phenoxy) is 1. The molecule has 0 radical (unpaired) electrons. The van der Waals surface area contributed by atoms with E-state index >= 15 is 0 Å². The smallest absolute Gasteiger partial charge is 0.316 e. The molecular formula is C33H31F2N5O6S. The molecule has 0 atom stereocenters. The molecule has 2 fully saturated rings. The minimum atomic E-state index is -3.72. The summed E-state index contributed by atoms with van der Waals surface area (Å²) in [6.45, 7) is 3.19. The van der Waals surface area contributed by atoms with Gasteiger partial charge in [0.1, 0.15) is 28.6 Å². The number of oxazole rings is 1. The molecule has 11 nitrogen and oxygen atoms in total. The third-order valence-corrected chi connectivity index (χ3v) is 10.4. The average Bonchev–Trinajstić information content (AvgIpc) is 3.62. The largest absolute Gasteiger partial charge is 0.508 e. The maximum atomic E-state index is 14.0. The van der Waals surface area contributed by atoms with Gasteiger partial charge in [0.2, 0.25) is 21.7 Å². The Kier molecular flexibility index (Phi) is 7.71. The van der Waals surface area contributed by atoms with Crippen molar-refractivity contribution in [2.75, 3.05) is 37.7 Å². The predicted molar refractivity (Wildman–Crippen MR) is 170 cm³/mol. The number of phenolic OH excluding ortho intramolecular Hbond substituents is 1. The number of aromatic nitrogens is 3. The number of piperazine rings is 1. The summed E-state index contributed by atoms with van der Waals surface area (Å²) in [4.78, 5) is 19.9. The Morgan fingerprint density at radius 2 is 1.68 bits per heavy atom. The molecule has 47 heavy (non-hydrogen) atoms. The second-order valence-electron chi connectivity index (χ2n) is 12.3. The zero-order valence-electron chi connectivity index (χ0n) is 25.4. The van der Waals surface area contributed by atoms with Gasteiger partial charge >= 0.3 is 5.56 Å². The van der Waals surface area contributed by atoms with Crippen molar-refractivity contribution in [1.29, 1.82) is 0 Å². The van der Waals surface area contributed by atoms with Gasteiger partial charge in [0.05, 0.1) is 24.2 Å². The first-order chi connectivity index (χ1) is 22.5. The Balaban J connectivity index is 1.08. The summed E-state index contributed by atoms with van der Waals surface area (Å²) in [7, 11) is -3.72. The van der Waals surface area contributed by atoms with Crippen molar-refractivity contribution in [3.63, 3.8) is 0 Å². The molecule has 1 N–H and O–H groups in total. The Morgan fingerprint density at radius 3 is 2.36 bits per heavy atom. The SMILES string of the molecule is CC1(COc2c(N3CCN(S(=O)(=O)Cc4ccc5nc(-c6ccc(O)cc6)oc5c4)CC3)cnn(-c3cc(F)cc(F)c3)c2=O)CC1. The molecule has 5 aromatic rings. The van der Waals surface area contributed by atoms with Crippen molar-refractivity contribution in [1.82, 2.24) is 19.1 Å². The predicted octanol–water partition coefficient (Wildman–Crippen LogP) is 4.86. The molecule has 1 aliphatic carbocycles. The summed E-state index contributed by atoms with van der Waals surface area (Å²) in [5, 5.41) is 13.7. The molecule has 3 heterocycles. The van der Waals surface area contributed by atoms with Gasteiger partial charge in [-0.25, -0.2) is 22.2 Å².